The maximum atomic E-state index is 12.9. The number of hydrogen-bond donors (Lipinski definition) is 0. The molecule has 1 spiro atoms. The van der Waals surface area contributed by atoms with Gasteiger partial charge in [0.2, 0.25) is 5.91 Å². The highest BCUT2D eigenvalue weighted by molar-refractivity contribution is 5.76. The van der Waals surface area contributed by atoms with Gasteiger partial charge in [-0.2, -0.15) is 5.10 Å². The summed E-state index contributed by atoms with van der Waals surface area (Å²) in [5, 5.41) is 4.17. The van der Waals surface area contributed by atoms with Gasteiger partial charge in [0, 0.05) is 20.0 Å². The van der Waals surface area contributed by atoms with Crippen molar-refractivity contribution in [1.82, 2.24) is 19.2 Å². The van der Waals surface area contributed by atoms with Crippen molar-refractivity contribution in [3.8, 4) is 0 Å². The Morgan fingerprint density at radius 1 is 1.30 bits per heavy atom. The second kappa shape index (κ2) is 6.92. The van der Waals surface area contributed by atoms with Gasteiger partial charge in [0.15, 0.2) is 5.82 Å². The van der Waals surface area contributed by atoms with Crippen LogP contribution < -0.4 is 5.69 Å². The van der Waals surface area contributed by atoms with E-state index >= 15 is 0 Å². The van der Waals surface area contributed by atoms with Crippen LogP contribution in [0.2, 0.25) is 0 Å². The molecule has 1 amide bonds. The van der Waals surface area contributed by atoms with Crippen LogP contribution in [0.25, 0.3) is 0 Å². The van der Waals surface area contributed by atoms with Gasteiger partial charge in [0.1, 0.15) is 18.0 Å². The highest BCUT2D eigenvalue weighted by atomic mass is 19.1. The van der Waals surface area contributed by atoms with Crippen LogP contribution in [0.4, 0.5) is 4.39 Å². The van der Waals surface area contributed by atoms with Crippen LogP contribution in [0.3, 0.4) is 0 Å². The second-order valence-corrected chi connectivity index (χ2v) is 7.43. The Morgan fingerprint density at radius 3 is 2.85 bits per heavy atom. The number of fused-ring (bicyclic) bond motifs is 1. The molecule has 0 bridgehead atoms. The third-order valence-electron chi connectivity index (χ3n) is 5.48. The molecule has 2 aliphatic rings. The quantitative estimate of drug-likeness (QED) is 0.808. The van der Waals surface area contributed by atoms with Crippen LogP contribution in [0, 0.1) is 5.82 Å². The van der Waals surface area contributed by atoms with Gasteiger partial charge in [-0.3, -0.25) is 9.36 Å². The lowest BCUT2D eigenvalue weighted by molar-refractivity contribution is -0.133. The minimum atomic E-state index is -0.494. The zero-order valence-corrected chi connectivity index (χ0v) is 15.4. The van der Waals surface area contributed by atoms with Gasteiger partial charge in [-0.1, -0.05) is 12.1 Å². The van der Waals surface area contributed by atoms with Crippen molar-refractivity contribution >= 4 is 5.91 Å². The zero-order chi connectivity index (χ0) is 19.0. The van der Waals surface area contributed by atoms with E-state index in [-0.39, 0.29) is 17.4 Å². The van der Waals surface area contributed by atoms with Crippen LogP contribution in [0.5, 0.6) is 0 Å². The number of amides is 1. The fraction of sp³-hybridized carbons (Fsp3) is 0.526. The summed E-state index contributed by atoms with van der Waals surface area (Å²) in [4.78, 5) is 26.6. The summed E-state index contributed by atoms with van der Waals surface area (Å²) in [5.74, 6) is 0.486. The monoisotopic (exact) mass is 374 g/mol. The minimum Gasteiger partial charge on any atom is -0.363 e. The Kier molecular flexibility index (Phi) is 4.59. The molecule has 2 aliphatic heterocycles. The number of nitrogens with zero attached hydrogens (tertiary/aromatic N) is 4. The van der Waals surface area contributed by atoms with Gasteiger partial charge < -0.3 is 9.64 Å². The van der Waals surface area contributed by atoms with E-state index < -0.39 is 5.60 Å². The van der Waals surface area contributed by atoms with Crippen molar-refractivity contribution in [2.45, 2.75) is 44.4 Å². The lowest BCUT2D eigenvalue weighted by Gasteiger charge is -2.33. The lowest BCUT2D eigenvalue weighted by atomic mass is 10.0. The summed E-state index contributed by atoms with van der Waals surface area (Å²) in [6, 6.07) is 6.39. The van der Waals surface area contributed by atoms with Crippen molar-refractivity contribution in [3.05, 3.63) is 52.0 Å². The van der Waals surface area contributed by atoms with Crippen LogP contribution >= 0.6 is 0 Å². The maximum Gasteiger partial charge on any atom is 0.345 e. The summed E-state index contributed by atoms with van der Waals surface area (Å²) in [7, 11) is 1.63. The van der Waals surface area contributed by atoms with E-state index in [1.807, 2.05) is 4.90 Å². The van der Waals surface area contributed by atoms with E-state index in [0.717, 1.165) is 24.8 Å². The molecule has 1 aromatic carbocycles. The number of likely N-dealkylation sites (tertiary alicyclic amines) is 1. The second-order valence-electron chi connectivity index (χ2n) is 7.43. The third kappa shape index (κ3) is 3.53. The molecule has 8 heteroatoms. The first-order chi connectivity index (χ1) is 13.0. The molecule has 3 heterocycles. The fourth-order valence-electron chi connectivity index (χ4n) is 3.93. The predicted octanol–water partition coefficient (Wildman–Crippen LogP) is 1.25. The lowest BCUT2D eigenvalue weighted by Crippen LogP contribution is -2.47. The predicted molar refractivity (Wildman–Crippen MR) is 95.5 cm³/mol. The van der Waals surface area contributed by atoms with Crippen molar-refractivity contribution in [3.63, 3.8) is 0 Å². The van der Waals surface area contributed by atoms with Gasteiger partial charge >= 0.3 is 5.69 Å². The molecule has 7 nitrogen and oxygen atoms in total. The molecule has 1 atom stereocenters. The van der Waals surface area contributed by atoms with Crippen molar-refractivity contribution in [1.29, 1.82) is 0 Å². The summed E-state index contributed by atoms with van der Waals surface area (Å²) in [5.41, 5.74) is 0.393. The first-order valence-corrected chi connectivity index (χ1v) is 9.25. The highest BCUT2D eigenvalue weighted by Gasteiger charge is 2.44. The van der Waals surface area contributed by atoms with Gasteiger partial charge in [0.25, 0.3) is 0 Å². The van der Waals surface area contributed by atoms with E-state index in [2.05, 4.69) is 5.10 Å². The molecule has 0 aliphatic carbocycles. The third-order valence-corrected chi connectivity index (χ3v) is 5.48. The number of aromatic nitrogens is 3. The van der Waals surface area contributed by atoms with Crippen molar-refractivity contribution < 1.29 is 13.9 Å². The molecule has 1 unspecified atom stereocenters. The number of benzene rings is 1. The van der Waals surface area contributed by atoms with Gasteiger partial charge in [-0.25, -0.2) is 13.9 Å². The van der Waals surface area contributed by atoms with Gasteiger partial charge in [-0.15, -0.1) is 0 Å². The number of carbonyl (C=O) groups excluding carboxylic acids is 1. The van der Waals surface area contributed by atoms with E-state index in [9.17, 15) is 14.0 Å². The highest BCUT2D eigenvalue weighted by Crippen LogP contribution is 2.31. The Hall–Kier alpha value is -2.48. The molecule has 144 valence electrons. The number of rotatable bonds is 4. The largest absolute Gasteiger partial charge is 0.363 e. The molecular weight excluding hydrogens is 351 g/mol. The topological polar surface area (TPSA) is 69.4 Å². The van der Waals surface area contributed by atoms with Crippen LogP contribution in [-0.2, 0) is 36.2 Å². The summed E-state index contributed by atoms with van der Waals surface area (Å²) < 4.78 is 21.9. The number of ether oxygens (including phenoxy) is 1. The summed E-state index contributed by atoms with van der Waals surface area (Å²) >= 11 is 0. The molecular formula is C19H23FN4O3. The number of aryl methyl sites for hydroxylation is 2. The van der Waals surface area contributed by atoms with E-state index in [1.54, 1.807) is 23.7 Å². The standard InChI is InChI=1S/C19H23FN4O3/c1-22-18(26)24-13-19(27-11-16(24)21-22)9-10-23(12-19)17(25)4-2-3-14-5-7-15(20)8-6-14/h5-8H,2-4,9-13H2,1H3. The molecule has 0 N–H and O–H groups in total. The first kappa shape index (κ1) is 17.9. The normalized spacial score (nSPS) is 21.6. The summed E-state index contributed by atoms with van der Waals surface area (Å²) in [6.45, 7) is 1.87. The summed E-state index contributed by atoms with van der Waals surface area (Å²) in [6.07, 6.45) is 2.64. The van der Waals surface area contributed by atoms with Crippen LogP contribution in [-0.4, -0.2) is 43.8 Å². The van der Waals surface area contributed by atoms with Gasteiger partial charge in [0.05, 0.1) is 13.1 Å². The average molecular weight is 374 g/mol. The first-order valence-electron chi connectivity index (χ1n) is 9.25. The molecule has 4 rings (SSSR count). The molecule has 0 radical (unpaired) electrons. The Labute approximate surface area is 156 Å². The fourth-order valence-corrected chi connectivity index (χ4v) is 3.93. The molecule has 27 heavy (non-hydrogen) atoms. The molecule has 1 fully saturated rings. The smallest absolute Gasteiger partial charge is 0.345 e. The number of carbonyl (C=O) groups is 1. The Bertz CT molecular complexity index is 905. The van der Waals surface area contributed by atoms with E-state index in [0.29, 0.717) is 38.5 Å². The SMILES string of the molecule is Cn1nc2n(c1=O)CC1(CCN(C(=O)CCCc3ccc(F)cc3)C1)OC2. The maximum absolute atomic E-state index is 12.9. The molecule has 2 aromatic rings. The molecule has 1 saturated heterocycles. The zero-order valence-electron chi connectivity index (χ0n) is 15.4. The van der Waals surface area contributed by atoms with Crippen molar-refractivity contribution in [2.75, 3.05) is 13.1 Å². The molecule has 1 aromatic heterocycles. The van der Waals surface area contributed by atoms with E-state index in [1.165, 1.54) is 16.8 Å². The van der Waals surface area contributed by atoms with E-state index in [4.69, 9.17) is 4.74 Å². The molecule has 0 saturated carbocycles. The number of hydrogen-bond acceptors (Lipinski definition) is 4. The van der Waals surface area contributed by atoms with Crippen LogP contribution in [0.1, 0.15) is 30.7 Å². The minimum absolute atomic E-state index is 0.0990. The average Bonchev–Trinajstić information content (AvgIpc) is 3.19. The van der Waals surface area contributed by atoms with Crippen molar-refractivity contribution in [2.24, 2.45) is 7.05 Å². The Morgan fingerprint density at radius 2 is 2.07 bits per heavy atom. The van der Waals surface area contributed by atoms with Crippen LogP contribution in [0.15, 0.2) is 29.1 Å². The Balaban J connectivity index is 1.32. The number of halogens is 1. The van der Waals surface area contributed by atoms with Gasteiger partial charge in [-0.05, 0) is 37.0 Å².